The van der Waals surface area contributed by atoms with Crippen molar-refractivity contribution in [3.8, 4) is 0 Å². The van der Waals surface area contributed by atoms with Gasteiger partial charge in [-0.05, 0) is 37.1 Å². The topological polar surface area (TPSA) is 55.1 Å². The first-order chi connectivity index (χ1) is 8.66. The number of amides is 1. The van der Waals surface area contributed by atoms with Gasteiger partial charge in [-0.2, -0.15) is 0 Å². The molecule has 0 saturated heterocycles. The molecule has 0 bridgehead atoms. The highest BCUT2D eigenvalue weighted by Crippen LogP contribution is 2.37. The summed E-state index contributed by atoms with van der Waals surface area (Å²) in [6, 6.07) is 4.30. The van der Waals surface area contributed by atoms with Crippen molar-refractivity contribution in [2.24, 2.45) is 11.7 Å². The van der Waals surface area contributed by atoms with Gasteiger partial charge >= 0.3 is 0 Å². The van der Waals surface area contributed by atoms with Crippen LogP contribution in [0, 0.1) is 5.92 Å². The maximum atomic E-state index is 11.9. The minimum Gasteiger partial charge on any atom is -0.348 e. The van der Waals surface area contributed by atoms with E-state index in [0.29, 0.717) is 12.3 Å². The van der Waals surface area contributed by atoms with Gasteiger partial charge in [-0.1, -0.05) is 18.9 Å². The van der Waals surface area contributed by atoms with Crippen molar-refractivity contribution in [1.29, 1.82) is 0 Å². The van der Waals surface area contributed by atoms with E-state index in [1.165, 1.54) is 30.6 Å². The Bertz CT molecular complexity index is 369. The van der Waals surface area contributed by atoms with Gasteiger partial charge in [-0.3, -0.25) is 4.79 Å². The average molecular weight is 266 g/mol. The third-order valence-corrected chi connectivity index (χ3v) is 4.50. The molecule has 0 aromatic carbocycles. The highest BCUT2D eigenvalue weighted by atomic mass is 32.1. The Morgan fingerprint density at radius 3 is 2.83 bits per heavy atom. The maximum Gasteiger partial charge on any atom is 0.222 e. The first-order valence-corrected chi connectivity index (χ1v) is 7.63. The molecule has 1 fully saturated rings. The number of nitrogens with one attached hydrogen (secondary N) is 1. The van der Waals surface area contributed by atoms with Gasteiger partial charge in [0.1, 0.15) is 0 Å². The molecular weight excluding hydrogens is 244 g/mol. The Labute approximate surface area is 113 Å². The summed E-state index contributed by atoms with van der Waals surface area (Å²) in [5, 5.41) is 5.26. The highest BCUT2D eigenvalue weighted by Gasteiger charge is 2.28. The summed E-state index contributed by atoms with van der Waals surface area (Å²) in [6.45, 7) is 1.87. The first-order valence-electron chi connectivity index (χ1n) is 6.75. The van der Waals surface area contributed by atoms with Crippen LogP contribution in [0.5, 0.6) is 0 Å². The molecule has 2 atom stereocenters. The number of hydrogen-bond donors (Lipinski definition) is 2. The molecule has 1 amide bonds. The Balaban J connectivity index is 2.03. The van der Waals surface area contributed by atoms with E-state index in [-0.39, 0.29) is 18.0 Å². The van der Waals surface area contributed by atoms with E-state index in [0.717, 1.165) is 0 Å². The predicted octanol–water partition coefficient (Wildman–Crippen LogP) is 2.83. The number of hydrogen-bond acceptors (Lipinski definition) is 3. The zero-order valence-corrected chi connectivity index (χ0v) is 11.7. The molecule has 4 heteroatoms. The third-order valence-electron chi connectivity index (χ3n) is 3.54. The Morgan fingerprint density at radius 1 is 1.56 bits per heavy atom. The summed E-state index contributed by atoms with van der Waals surface area (Å²) in [7, 11) is 0. The second-order valence-electron chi connectivity index (χ2n) is 5.29. The fourth-order valence-electron chi connectivity index (χ4n) is 2.71. The number of thiophene rings is 1. The Hall–Kier alpha value is -0.870. The summed E-state index contributed by atoms with van der Waals surface area (Å²) >= 11 is 1.73. The van der Waals surface area contributed by atoms with Gasteiger partial charge < -0.3 is 11.1 Å². The van der Waals surface area contributed by atoms with Gasteiger partial charge in [0.05, 0.1) is 6.04 Å². The molecule has 2 unspecified atom stereocenters. The van der Waals surface area contributed by atoms with Crippen LogP contribution in [-0.2, 0) is 4.79 Å². The second kappa shape index (κ2) is 6.34. The van der Waals surface area contributed by atoms with Crippen LogP contribution in [-0.4, -0.2) is 11.9 Å². The van der Waals surface area contributed by atoms with E-state index in [2.05, 4.69) is 22.8 Å². The zero-order chi connectivity index (χ0) is 13.0. The average Bonchev–Trinajstić information content (AvgIpc) is 2.98. The molecule has 1 aliphatic rings. The van der Waals surface area contributed by atoms with Crippen LogP contribution in [0.25, 0.3) is 0 Å². The van der Waals surface area contributed by atoms with Gasteiger partial charge in [0.2, 0.25) is 5.91 Å². The molecule has 2 rings (SSSR count). The van der Waals surface area contributed by atoms with Crippen LogP contribution in [0.1, 0.15) is 49.9 Å². The van der Waals surface area contributed by atoms with E-state index in [4.69, 9.17) is 5.73 Å². The Morgan fingerprint density at radius 2 is 2.28 bits per heavy atom. The van der Waals surface area contributed by atoms with Crippen LogP contribution in [0.15, 0.2) is 17.5 Å². The maximum absolute atomic E-state index is 11.9. The van der Waals surface area contributed by atoms with Crippen molar-refractivity contribution in [1.82, 2.24) is 5.32 Å². The van der Waals surface area contributed by atoms with E-state index in [9.17, 15) is 4.79 Å². The van der Waals surface area contributed by atoms with Gasteiger partial charge in [-0.25, -0.2) is 0 Å². The highest BCUT2D eigenvalue weighted by molar-refractivity contribution is 7.10. The smallest absolute Gasteiger partial charge is 0.222 e. The minimum absolute atomic E-state index is 0.0717. The lowest BCUT2D eigenvalue weighted by Gasteiger charge is -2.24. The van der Waals surface area contributed by atoms with Gasteiger partial charge in [0, 0.05) is 17.3 Å². The summed E-state index contributed by atoms with van der Waals surface area (Å²) in [5.74, 6) is 0.677. The molecule has 0 radical (unpaired) electrons. The van der Waals surface area contributed by atoms with Crippen LogP contribution in [0.3, 0.4) is 0 Å². The van der Waals surface area contributed by atoms with Crippen molar-refractivity contribution in [2.45, 2.75) is 51.1 Å². The molecule has 18 heavy (non-hydrogen) atoms. The quantitative estimate of drug-likeness (QED) is 0.861. The fourth-order valence-corrected chi connectivity index (χ4v) is 3.57. The zero-order valence-electron chi connectivity index (χ0n) is 10.9. The molecule has 1 saturated carbocycles. The largest absolute Gasteiger partial charge is 0.348 e. The van der Waals surface area contributed by atoms with Gasteiger partial charge in [0.25, 0.3) is 0 Å². The normalized spacial score (nSPS) is 19.7. The molecule has 3 N–H and O–H groups in total. The van der Waals surface area contributed by atoms with Crippen LogP contribution < -0.4 is 11.1 Å². The predicted molar refractivity (Wildman–Crippen MR) is 75.4 cm³/mol. The molecule has 0 spiro atoms. The second-order valence-corrected chi connectivity index (χ2v) is 6.27. The Kier molecular flexibility index (Phi) is 4.78. The van der Waals surface area contributed by atoms with Crippen molar-refractivity contribution in [3.63, 3.8) is 0 Å². The van der Waals surface area contributed by atoms with Crippen molar-refractivity contribution < 1.29 is 4.79 Å². The third kappa shape index (κ3) is 3.56. The first kappa shape index (κ1) is 13.6. The monoisotopic (exact) mass is 266 g/mol. The molecule has 3 nitrogen and oxygen atoms in total. The van der Waals surface area contributed by atoms with Gasteiger partial charge in [-0.15, -0.1) is 11.3 Å². The molecule has 0 aliphatic heterocycles. The van der Waals surface area contributed by atoms with Crippen molar-refractivity contribution in [2.75, 3.05) is 0 Å². The molecule has 1 aromatic rings. The summed E-state index contributed by atoms with van der Waals surface area (Å²) < 4.78 is 0. The fraction of sp³-hybridized carbons (Fsp3) is 0.643. The lowest BCUT2D eigenvalue weighted by molar-refractivity contribution is -0.122. The van der Waals surface area contributed by atoms with Crippen LogP contribution in [0.4, 0.5) is 0 Å². The lowest BCUT2D eigenvalue weighted by Crippen LogP contribution is -2.35. The molecule has 1 aliphatic carbocycles. The molecule has 1 aromatic heterocycles. The van der Waals surface area contributed by atoms with Crippen molar-refractivity contribution in [3.05, 3.63) is 22.4 Å². The number of nitrogens with two attached hydrogens (primary N) is 1. The van der Waals surface area contributed by atoms with E-state index >= 15 is 0 Å². The molecular formula is C14H22N2OS. The van der Waals surface area contributed by atoms with Crippen molar-refractivity contribution >= 4 is 17.2 Å². The SMILES string of the molecule is CC(N)CC(=O)NC(c1cccs1)C1CCCC1. The summed E-state index contributed by atoms with van der Waals surface area (Å²) in [4.78, 5) is 13.2. The number of rotatable bonds is 5. The lowest BCUT2D eigenvalue weighted by atomic mass is 9.96. The van der Waals surface area contributed by atoms with E-state index in [1.54, 1.807) is 11.3 Å². The standard InChI is InChI=1S/C14H22N2OS/c1-10(15)9-13(17)16-14(11-5-2-3-6-11)12-7-4-8-18-12/h4,7-8,10-11,14H,2-3,5-6,9,15H2,1H3,(H,16,17). The number of carbonyl (C=O) groups excluding carboxylic acids is 1. The summed E-state index contributed by atoms with van der Waals surface area (Å²) in [6.07, 6.45) is 5.43. The molecule has 1 heterocycles. The minimum atomic E-state index is -0.0717. The number of carbonyl (C=O) groups is 1. The molecule has 100 valence electrons. The summed E-state index contributed by atoms with van der Waals surface area (Å²) in [5.41, 5.74) is 5.68. The van der Waals surface area contributed by atoms with Gasteiger partial charge in [0.15, 0.2) is 0 Å². The van der Waals surface area contributed by atoms with Crippen LogP contribution in [0.2, 0.25) is 0 Å². The van der Waals surface area contributed by atoms with E-state index in [1.807, 2.05) is 6.92 Å². The van der Waals surface area contributed by atoms with Crippen LogP contribution >= 0.6 is 11.3 Å². The van der Waals surface area contributed by atoms with E-state index < -0.39 is 0 Å².